The van der Waals surface area contributed by atoms with Gasteiger partial charge in [-0.1, -0.05) is 6.07 Å². The lowest BCUT2D eigenvalue weighted by Gasteiger charge is -2.40. The fraction of sp³-hybridized carbons (Fsp3) is 0.562. The molecule has 2 heterocycles. The second-order valence-corrected chi connectivity index (χ2v) is 8.66. The van der Waals surface area contributed by atoms with Gasteiger partial charge in [-0.2, -0.15) is 4.31 Å². The molecule has 0 radical (unpaired) electrons. The molecule has 1 amide bonds. The molecule has 0 aliphatic carbocycles. The molecule has 0 unspecified atom stereocenters. The van der Waals surface area contributed by atoms with Gasteiger partial charge in [-0.05, 0) is 18.9 Å². The standard InChI is InChI=1S/C16H22N4O6S/c17-16(4-10-26-11-5-16)15(21)18-6-8-19(9-7-18)27(24,25)14-3-1-2-13(12-14)20(22)23/h1-3,12H,4-11,17H2. The summed E-state index contributed by atoms with van der Waals surface area (Å²) >= 11 is 0. The van der Waals surface area contributed by atoms with Gasteiger partial charge in [0.2, 0.25) is 15.9 Å². The molecule has 2 aliphatic rings. The van der Waals surface area contributed by atoms with Crippen molar-refractivity contribution in [2.45, 2.75) is 23.3 Å². The van der Waals surface area contributed by atoms with E-state index in [4.69, 9.17) is 10.5 Å². The Hall–Kier alpha value is -2.08. The van der Waals surface area contributed by atoms with Crippen molar-refractivity contribution in [2.75, 3.05) is 39.4 Å². The number of hydrogen-bond donors (Lipinski definition) is 1. The molecule has 0 aromatic heterocycles. The van der Waals surface area contributed by atoms with Crippen LogP contribution in [-0.2, 0) is 19.6 Å². The Bertz CT molecular complexity index is 829. The normalized spacial score (nSPS) is 21.0. The summed E-state index contributed by atoms with van der Waals surface area (Å²) < 4.78 is 32.0. The van der Waals surface area contributed by atoms with Gasteiger partial charge >= 0.3 is 0 Å². The second kappa shape index (κ2) is 7.50. The molecule has 2 aliphatic heterocycles. The fourth-order valence-electron chi connectivity index (χ4n) is 3.30. The number of nitro groups is 1. The summed E-state index contributed by atoms with van der Waals surface area (Å²) in [6, 6.07) is 4.96. The van der Waals surface area contributed by atoms with Crippen LogP contribution in [0.2, 0.25) is 0 Å². The lowest BCUT2D eigenvalue weighted by atomic mass is 9.89. The van der Waals surface area contributed by atoms with E-state index in [9.17, 15) is 23.3 Å². The highest BCUT2D eigenvalue weighted by atomic mass is 32.2. The van der Waals surface area contributed by atoms with Crippen LogP contribution in [0.15, 0.2) is 29.2 Å². The summed E-state index contributed by atoms with van der Waals surface area (Å²) in [7, 11) is -3.87. The van der Waals surface area contributed by atoms with Crippen molar-refractivity contribution in [2.24, 2.45) is 5.73 Å². The number of nitro benzene ring substituents is 1. The van der Waals surface area contributed by atoms with E-state index in [1.165, 1.54) is 22.5 Å². The fourth-order valence-corrected chi connectivity index (χ4v) is 4.76. The number of non-ortho nitro benzene ring substituents is 1. The molecule has 2 N–H and O–H groups in total. The first-order valence-corrected chi connectivity index (χ1v) is 10.1. The highest BCUT2D eigenvalue weighted by Gasteiger charge is 2.40. The summed E-state index contributed by atoms with van der Waals surface area (Å²) in [5, 5.41) is 10.9. The van der Waals surface area contributed by atoms with Crippen molar-refractivity contribution >= 4 is 21.6 Å². The Morgan fingerprint density at radius 1 is 1.19 bits per heavy atom. The molecular formula is C16H22N4O6S. The summed E-state index contributed by atoms with van der Waals surface area (Å²) in [5.74, 6) is -0.182. The number of carbonyl (C=O) groups is 1. The highest BCUT2D eigenvalue weighted by Crippen LogP contribution is 2.24. The first-order valence-electron chi connectivity index (χ1n) is 8.65. The van der Waals surface area contributed by atoms with Crippen LogP contribution in [0.4, 0.5) is 5.69 Å². The van der Waals surface area contributed by atoms with Crippen LogP contribution in [0.1, 0.15) is 12.8 Å². The smallest absolute Gasteiger partial charge is 0.270 e. The Labute approximate surface area is 157 Å². The number of rotatable bonds is 4. The monoisotopic (exact) mass is 398 g/mol. The molecule has 1 aromatic carbocycles. The average Bonchev–Trinajstić information content (AvgIpc) is 2.68. The Balaban J connectivity index is 1.68. The van der Waals surface area contributed by atoms with Crippen molar-refractivity contribution < 1.29 is 22.9 Å². The van der Waals surface area contributed by atoms with Gasteiger partial charge in [0.05, 0.1) is 15.4 Å². The van der Waals surface area contributed by atoms with E-state index in [-0.39, 0.29) is 42.7 Å². The number of carbonyl (C=O) groups excluding carboxylic acids is 1. The second-order valence-electron chi connectivity index (χ2n) is 6.72. The van der Waals surface area contributed by atoms with Gasteiger partial charge < -0.3 is 15.4 Å². The minimum Gasteiger partial charge on any atom is -0.381 e. The first kappa shape index (κ1) is 19.7. The van der Waals surface area contributed by atoms with Gasteiger partial charge in [-0.25, -0.2) is 8.42 Å². The van der Waals surface area contributed by atoms with E-state index in [0.717, 1.165) is 6.07 Å². The maximum atomic E-state index is 12.8. The van der Waals surface area contributed by atoms with Gasteiger partial charge in [0.15, 0.2) is 0 Å². The van der Waals surface area contributed by atoms with Crippen LogP contribution in [0.3, 0.4) is 0 Å². The number of amides is 1. The molecule has 148 valence electrons. The van der Waals surface area contributed by atoms with Crippen LogP contribution in [0.25, 0.3) is 0 Å². The summed E-state index contributed by atoms with van der Waals surface area (Å²) in [6.45, 7) is 1.55. The molecule has 10 nitrogen and oxygen atoms in total. The zero-order chi connectivity index (χ0) is 19.7. The van der Waals surface area contributed by atoms with Crippen molar-refractivity contribution in [3.63, 3.8) is 0 Å². The van der Waals surface area contributed by atoms with Gasteiger partial charge in [-0.15, -0.1) is 0 Å². The average molecular weight is 398 g/mol. The predicted octanol–water partition coefficient (Wildman–Crippen LogP) is -0.0644. The Morgan fingerprint density at radius 2 is 1.81 bits per heavy atom. The number of piperazine rings is 1. The van der Waals surface area contributed by atoms with E-state index >= 15 is 0 Å². The molecule has 27 heavy (non-hydrogen) atoms. The maximum absolute atomic E-state index is 12.8. The molecule has 2 saturated heterocycles. The number of sulfonamides is 1. The number of hydrogen-bond acceptors (Lipinski definition) is 7. The van der Waals surface area contributed by atoms with Crippen molar-refractivity contribution in [1.29, 1.82) is 0 Å². The molecule has 11 heteroatoms. The van der Waals surface area contributed by atoms with Gasteiger partial charge in [0.25, 0.3) is 5.69 Å². The van der Waals surface area contributed by atoms with Crippen LogP contribution in [-0.4, -0.2) is 73.4 Å². The number of nitrogens with zero attached hydrogens (tertiary/aromatic N) is 3. The molecule has 2 fully saturated rings. The minimum absolute atomic E-state index is 0.114. The Kier molecular flexibility index (Phi) is 5.47. The lowest BCUT2D eigenvalue weighted by molar-refractivity contribution is -0.385. The molecule has 1 aromatic rings. The summed E-state index contributed by atoms with van der Waals surface area (Å²) in [6.07, 6.45) is 0.885. The minimum atomic E-state index is -3.87. The van der Waals surface area contributed by atoms with E-state index < -0.39 is 20.5 Å². The third kappa shape index (κ3) is 3.95. The largest absolute Gasteiger partial charge is 0.381 e. The predicted molar refractivity (Wildman–Crippen MR) is 95.4 cm³/mol. The highest BCUT2D eigenvalue weighted by molar-refractivity contribution is 7.89. The van der Waals surface area contributed by atoms with E-state index in [1.54, 1.807) is 4.90 Å². The van der Waals surface area contributed by atoms with Crippen molar-refractivity contribution in [1.82, 2.24) is 9.21 Å². The zero-order valence-corrected chi connectivity index (χ0v) is 15.6. The van der Waals surface area contributed by atoms with E-state index in [2.05, 4.69) is 0 Å². The number of ether oxygens (including phenoxy) is 1. The van der Waals surface area contributed by atoms with Gasteiger partial charge in [-0.3, -0.25) is 14.9 Å². The van der Waals surface area contributed by atoms with Crippen LogP contribution in [0.5, 0.6) is 0 Å². The molecule has 0 bridgehead atoms. The third-order valence-corrected chi connectivity index (χ3v) is 6.90. The van der Waals surface area contributed by atoms with Crippen LogP contribution in [0, 0.1) is 10.1 Å². The zero-order valence-electron chi connectivity index (χ0n) is 14.7. The van der Waals surface area contributed by atoms with E-state index in [1.807, 2.05) is 0 Å². The number of nitrogens with two attached hydrogens (primary N) is 1. The third-order valence-electron chi connectivity index (χ3n) is 5.00. The summed E-state index contributed by atoms with van der Waals surface area (Å²) in [4.78, 5) is 24.4. The van der Waals surface area contributed by atoms with Crippen LogP contribution < -0.4 is 5.73 Å². The van der Waals surface area contributed by atoms with Crippen molar-refractivity contribution in [3.8, 4) is 0 Å². The van der Waals surface area contributed by atoms with Gasteiger partial charge in [0.1, 0.15) is 0 Å². The lowest BCUT2D eigenvalue weighted by Crippen LogP contribution is -2.61. The summed E-state index contributed by atoms with van der Waals surface area (Å²) in [5.41, 5.74) is 4.98. The maximum Gasteiger partial charge on any atom is 0.270 e. The van der Waals surface area contributed by atoms with E-state index in [0.29, 0.717) is 26.1 Å². The molecular weight excluding hydrogens is 376 g/mol. The molecule has 0 saturated carbocycles. The van der Waals surface area contributed by atoms with Gasteiger partial charge in [0, 0.05) is 51.5 Å². The van der Waals surface area contributed by atoms with Crippen LogP contribution >= 0.6 is 0 Å². The topological polar surface area (TPSA) is 136 Å². The molecule has 3 rings (SSSR count). The molecule has 0 spiro atoms. The quantitative estimate of drug-likeness (QED) is 0.554. The SMILES string of the molecule is NC1(C(=O)N2CCN(S(=O)(=O)c3cccc([N+](=O)[O-])c3)CC2)CCOCC1. The van der Waals surface area contributed by atoms with Crippen molar-refractivity contribution in [3.05, 3.63) is 34.4 Å². The number of benzene rings is 1. The Morgan fingerprint density at radius 3 is 2.41 bits per heavy atom. The first-order chi connectivity index (χ1) is 12.7. The molecule has 0 atom stereocenters.